The number of methoxy groups -OCH3 is 1. The number of carbonyl (C=O) groups is 1. The third kappa shape index (κ3) is 1.70. The van der Waals surface area contributed by atoms with Crippen LogP contribution in [0.15, 0.2) is 11.6 Å². The van der Waals surface area contributed by atoms with Crippen molar-refractivity contribution >= 4 is 5.97 Å². The van der Waals surface area contributed by atoms with E-state index in [4.69, 9.17) is 4.74 Å². The highest BCUT2D eigenvalue weighted by Gasteiger charge is 2.42. The zero-order valence-corrected chi connectivity index (χ0v) is 9.76. The molecule has 0 radical (unpaired) electrons. The van der Waals surface area contributed by atoms with E-state index in [0.717, 1.165) is 12.0 Å². The second-order valence-electron chi connectivity index (χ2n) is 4.86. The van der Waals surface area contributed by atoms with E-state index in [1.54, 1.807) is 0 Å². The van der Waals surface area contributed by atoms with E-state index >= 15 is 0 Å². The normalized spacial score (nSPS) is 30.8. The van der Waals surface area contributed by atoms with E-state index in [0.29, 0.717) is 5.92 Å². The van der Waals surface area contributed by atoms with Crippen LogP contribution in [0.2, 0.25) is 0 Å². The van der Waals surface area contributed by atoms with Gasteiger partial charge in [0.15, 0.2) is 0 Å². The smallest absolute Gasteiger partial charge is 0.313 e. The second-order valence-corrected chi connectivity index (χ2v) is 4.86. The Hall–Kier alpha value is -0.790. The molecule has 1 aliphatic rings. The largest absolute Gasteiger partial charge is 0.469 e. The predicted octanol–water partition coefficient (Wildman–Crippen LogP) is 2.79. The first-order valence-electron chi connectivity index (χ1n) is 5.15. The molecule has 0 aromatic carbocycles. The maximum atomic E-state index is 11.7. The first-order chi connectivity index (χ1) is 6.41. The molecule has 2 nitrogen and oxygen atoms in total. The minimum Gasteiger partial charge on any atom is -0.469 e. The standard InChI is InChI=1S/C12H20O2/c1-8-6-7-9(2)12(3,4)10(8)11(13)14-5/h6,9-10H,7H2,1-5H3/t9-,10+/m0/s1. The number of hydrogen-bond acceptors (Lipinski definition) is 2. The van der Waals surface area contributed by atoms with Crippen molar-refractivity contribution in [3.63, 3.8) is 0 Å². The van der Waals surface area contributed by atoms with E-state index in [-0.39, 0.29) is 17.3 Å². The van der Waals surface area contributed by atoms with Crippen molar-refractivity contribution in [1.29, 1.82) is 0 Å². The Balaban J connectivity index is 3.04. The summed E-state index contributed by atoms with van der Waals surface area (Å²) in [5, 5.41) is 0. The molecule has 0 bridgehead atoms. The molecule has 0 spiro atoms. The van der Waals surface area contributed by atoms with Crippen molar-refractivity contribution in [1.82, 2.24) is 0 Å². The third-order valence-electron chi connectivity index (χ3n) is 3.70. The highest BCUT2D eigenvalue weighted by molar-refractivity contribution is 5.76. The fraction of sp³-hybridized carbons (Fsp3) is 0.750. The summed E-state index contributed by atoms with van der Waals surface area (Å²) in [5.74, 6) is 0.349. The lowest BCUT2D eigenvalue weighted by Crippen LogP contribution is -2.40. The lowest BCUT2D eigenvalue weighted by atomic mass is 9.63. The molecule has 0 heterocycles. The van der Waals surface area contributed by atoms with Gasteiger partial charge < -0.3 is 4.74 Å². The molecule has 80 valence electrons. The van der Waals surface area contributed by atoms with Crippen LogP contribution in [0, 0.1) is 17.3 Å². The van der Waals surface area contributed by atoms with Gasteiger partial charge in [0.05, 0.1) is 13.0 Å². The lowest BCUT2D eigenvalue weighted by Gasteiger charge is -2.41. The van der Waals surface area contributed by atoms with Gasteiger partial charge in [-0.2, -0.15) is 0 Å². The fourth-order valence-electron chi connectivity index (χ4n) is 2.26. The molecule has 0 saturated heterocycles. The highest BCUT2D eigenvalue weighted by atomic mass is 16.5. The Morgan fingerprint density at radius 3 is 2.64 bits per heavy atom. The number of rotatable bonds is 1. The Kier molecular flexibility index (Phi) is 3.03. The van der Waals surface area contributed by atoms with Crippen LogP contribution in [-0.2, 0) is 9.53 Å². The van der Waals surface area contributed by atoms with Crippen molar-refractivity contribution in [3.05, 3.63) is 11.6 Å². The van der Waals surface area contributed by atoms with Crippen LogP contribution in [0.4, 0.5) is 0 Å². The molecule has 14 heavy (non-hydrogen) atoms. The molecule has 1 aliphatic carbocycles. The van der Waals surface area contributed by atoms with Crippen molar-refractivity contribution < 1.29 is 9.53 Å². The monoisotopic (exact) mass is 196 g/mol. The number of carbonyl (C=O) groups excluding carboxylic acids is 1. The Bertz CT molecular complexity index is 263. The van der Waals surface area contributed by atoms with E-state index < -0.39 is 0 Å². The maximum absolute atomic E-state index is 11.7. The average Bonchev–Trinajstić information content (AvgIpc) is 2.11. The minimum absolute atomic E-state index is 0.00588. The van der Waals surface area contributed by atoms with E-state index in [1.807, 2.05) is 6.92 Å². The molecule has 0 fully saturated rings. The summed E-state index contributed by atoms with van der Waals surface area (Å²) < 4.78 is 4.86. The summed E-state index contributed by atoms with van der Waals surface area (Å²) in [5.41, 5.74) is 1.16. The van der Waals surface area contributed by atoms with Gasteiger partial charge in [0, 0.05) is 0 Å². The minimum atomic E-state index is -0.102. The Morgan fingerprint density at radius 2 is 2.14 bits per heavy atom. The van der Waals surface area contributed by atoms with Crippen molar-refractivity contribution in [2.75, 3.05) is 7.11 Å². The molecule has 2 atom stereocenters. The van der Waals surface area contributed by atoms with Crippen molar-refractivity contribution in [2.24, 2.45) is 17.3 Å². The molecule has 0 aliphatic heterocycles. The van der Waals surface area contributed by atoms with Crippen molar-refractivity contribution in [2.45, 2.75) is 34.1 Å². The van der Waals surface area contributed by atoms with Crippen molar-refractivity contribution in [3.8, 4) is 0 Å². The quantitative estimate of drug-likeness (QED) is 0.476. The molecule has 0 aromatic heterocycles. The average molecular weight is 196 g/mol. The zero-order valence-electron chi connectivity index (χ0n) is 9.76. The molecule has 0 unspecified atom stereocenters. The molecular formula is C12H20O2. The summed E-state index contributed by atoms with van der Waals surface area (Å²) in [4.78, 5) is 11.7. The fourth-order valence-corrected chi connectivity index (χ4v) is 2.26. The highest BCUT2D eigenvalue weighted by Crippen LogP contribution is 2.45. The van der Waals surface area contributed by atoms with Crippen LogP contribution in [-0.4, -0.2) is 13.1 Å². The second kappa shape index (κ2) is 3.76. The number of esters is 1. The van der Waals surface area contributed by atoms with E-state index in [2.05, 4.69) is 26.8 Å². The van der Waals surface area contributed by atoms with Crippen LogP contribution >= 0.6 is 0 Å². The van der Waals surface area contributed by atoms with Gasteiger partial charge in [0.2, 0.25) is 0 Å². The van der Waals surface area contributed by atoms with E-state index in [1.165, 1.54) is 7.11 Å². The molecule has 0 amide bonds. The number of allylic oxidation sites excluding steroid dienone is 1. The first-order valence-corrected chi connectivity index (χ1v) is 5.15. The summed E-state index contributed by atoms with van der Waals surface area (Å²) in [7, 11) is 1.46. The summed E-state index contributed by atoms with van der Waals surface area (Å²) in [6.07, 6.45) is 3.23. The molecule has 1 rings (SSSR count). The molecule has 0 aromatic rings. The Morgan fingerprint density at radius 1 is 1.57 bits per heavy atom. The van der Waals surface area contributed by atoms with Gasteiger partial charge in [0.1, 0.15) is 0 Å². The zero-order chi connectivity index (χ0) is 10.9. The lowest BCUT2D eigenvalue weighted by molar-refractivity contribution is -0.149. The summed E-state index contributed by atoms with van der Waals surface area (Å²) in [6, 6.07) is 0. The van der Waals surface area contributed by atoms with Gasteiger partial charge in [-0.05, 0) is 24.7 Å². The van der Waals surface area contributed by atoms with Crippen LogP contribution in [0.1, 0.15) is 34.1 Å². The SMILES string of the molecule is COC(=O)[C@H]1C(C)=CC[C@H](C)C1(C)C. The first kappa shape index (κ1) is 11.3. The molecular weight excluding hydrogens is 176 g/mol. The molecule has 2 heteroatoms. The Labute approximate surface area is 86.3 Å². The predicted molar refractivity (Wildman–Crippen MR) is 56.8 cm³/mol. The van der Waals surface area contributed by atoms with Gasteiger partial charge in [-0.3, -0.25) is 4.79 Å². The van der Waals surface area contributed by atoms with Crippen LogP contribution < -0.4 is 0 Å². The van der Waals surface area contributed by atoms with Gasteiger partial charge in [-0.15, -0.1) is 0 Å². The number of hydrogen-bond donors (Lipinski definition) is 0. The summed E-state index contributed by atoms with van der Waals surface area (Å²) >= 11 is 0. The molecule has 0 saturated carbocycles. The topological polar surface area (TPSA) is 26.3 Å². The van der Waals surface area contributed by atoms with Crippen LogP contribution in [0.25, 0.3) is 0 Å². The van der Waals surface area contributed by atoms with Crippen LogP contribution in [0.5, 0.6) is 0 Å². The van der Waals surface area contributed by atoms with Gasteiger partial charge >= 0.3 is 5.97 Å². The van der Waals surface area contributed by atoms with E-state index in [9.17, 15) is 4.79 Å². The van der Waals surface area contributed by atoms with Gasteiger partial charge in [-0.1, -0.05) is 32.4 Å². The molecule has 0 N–H and O–H groups in total. The number of ether oxygens (including phenoxy) is 1. The third-order valence-corrected chi connectivity index (χ3v) is 3.70. The maximum Gasteiger partial charge on any atom is 0.313 e. The summed E-state index contributed by atoms with van der Waals surface area (Å²) in [6.45, 7) is 8.51. The van der Waals surface area contributed by atoms with Crippen LogP contribution in [0.3, 0.4) is 0 Å². The van der Waals surface area contributed by atoms with Gasteiger partial charge in [-0.25, -0.2) is 0 Å². The van der Waals surface area contributed by atoms with Gasteiger partial charge in [0.25, 0.3) is 0 Å².